The zero-order chi connectivity index (χ0) is 20.4. The van der Waals surface area contributed by atoms with E-state index in [9.17, 15) is 8.42 Å². The van der Waals surface area contributed by atoms with Crippen LogP contribution in [0.3, 0.4) is 0 Å². The van der Waals surface area contributed by atoms with Crippen LogP contribution in [0.4, 0.5) is 5.69 Å². The Balaban J connectivity index is 1.52. The molecule has 1 heterocycles. The lowest BCUT2D eigenvalue weighted by molar-refractivity contribution is 0.584. The van der Waals surface area contributed by atoms with Crippen molar-refractivity contribution in [2.45, 2.75) is 18.7 Å². The molecule has 3 aromatic carbocycles. The van der Waals surface area contributed by atoms with E-state index < -0.39 is 10.0 Å². The topological polar surface area (TPSA) is 85.1 Å². The Morgan fingerprint density at radius 2 is 1.14 bits per heavy atom. The second-order valence-corrected chi connectivity index (χ2v) is 8.46. The molecule has 0 radical (unpaired) electrons. The summed E-state index contributed by atoms with van der Waals surface area (Å²) in [7, 11) is -3.64. The van der Waals surface area contributed by atoms with E-state index >= 15 is 0 Å². The second kappa shape index (κ2) is 7.52. The lowest BCUT2D eigenvalue weighted by Gasteiger charge is -2.08. The van der Waals surface area contributed by atoms with Crippen molar-refractivity contribution in [2.75, 3.05) is 4.72 Å². The molecule has 0 atom stereocenters. The maximum Gasteiger partial charge on any atom is 0.261 e. The molecule has 0 spiro atoms. The van der Waals surface area contributed by atoms with Gasteiger partial charge in [-0.1, -0.05) is 35.4 Å². The number of rotatable bonds is 5. The molecule has 0 bridgehead atoms. The molecule has 146 valence electrons. The normalized spacial score (nSPS) is 11.4. The zero-order valence-corrected chi connectivity index (χ0v) is 16.8. The van der Waals surface area contributed by atoms with Crippen molar-refractivity contribution >= 4 is 15.7 Å². The molecule has 0 saturated heterocycles. The Bertz CT molecular complexity index is 1230. The van der Waals surface area contributed by atoms with E-state index in [2.05, 4.69) is 14.9 Å². The van der Waals surface area contributed by atoms with Crippen LogP contribution in [0.1, 0.15) is 11.1 Å². The number of anilines is 1. The number of hydrogen-bond acceptors (Lipinski definition) is 5. The summed E-state index contributed by atoms with van der Waals surface area (Å²) in [4.78, 5) is 0.215. The van der Waals surface area contributed by atoms with Gasteiger partial charge in [0.05, 0.1) is 4.90 Å². The summed E-state index contributed by atoms with van der Waals surface area (Å²) in [5, 5.41) is 8.18. The van der Waals surface area contributed by atoms with Gasteiger partial charge >= 0.3 is 0 Å². The van der Waals surface area contributed by atoms with Gasteiger partial charge in [0.25, 0.3) is 10.0 Å². The lowest BCUT2D eigenvalue weighted by Crippen LogP contribution is -2.12. The van der Waals surface area contributed by atoms with Gasteiger partial charge in [0, 0.05) is 16.8 Å². The standard InChI is InChI=1S/C22H19N3O3S/c1-15-3-7-17(8-4-15)21-23-24-22(28-21)18-9-11-19(12-10-18)25-29(26,27)20-13-5-16(2)6-14-20/h3-14,25H,1-2H3. The predicted octanol–water partition coefficient (Wildman–Crippen LogP) is 4.82. The minimum atomic E-state index is -3.64. The van der Waals surface area contributed by atoms with Crippen molar-refractivity contribution < 1.29 is 12.8 Å². The fourth-order valence-electron chi connectivity index (χ4n) is 2.77. The van der Waals surface area contributed by atoms with E-state index in [0.29, 0.717) is 23.0 Å². The van der Waals surface area contributed by atoms with Crippen LogP contribution in [-0.4, -0.2) is 18.6 Å². The number of benzene rings is 3. The summed E-state index contributed by atoms with van der Waals surface area (Å²) < 4.78 is 33.3. The van der Waals surface area contributed by atoms with E-state index in [-0.39, 0.29) is 4.90 Å². The largest absolute Gasteiger partial charge is 0.416 e. The SMILES string of the molecule is Cc1ccc(-c2nnc(-c3ccc(NS(=O)(=O)c4ccc(C)cc4)cc3)o2)cc1. The fourth-order valence-corrected chi connectivity index (χ4v) is 3.82. The van der Waals surface area contributed by atoms with E-state index in [1.54, 1.807) is 48.5 Å². The molecule has 4 aromatic rings. The minimum Gasteiger partial charge on any atom is -0.416 e. The molecule has 1 aromatic heterocycles. The summed E-state index contributed by atoms with van der Waals surface area (Å²) in [5.74, 6) is 0.803. The van der Waals surface area contributed by atoms with Crippen LogP contribution in [0.25, 0.3) is 22.9 Å². The van der Waals surface area contributed by atoms with Crippen molar-refractivity contribution in [3.05, 3.63) is 83.9 Å². The van der Waals surface area contributed by atoms with Crippen LogP contribution in [0, 0.1) is 13.8 Å². The van der Waals surface area contributed by atoms with Crippen LogP contribution >= 0.6 is 0 Å². The van der Waals surface area contributed by atoms with Gasteiger partial charge in [0.1, 0.15) is 0 Å². The molecule has 0 saturated carbocycles. The lowest BCUT2D eigenvalue weighted by atomic mass is 10.1. The van der Waals surface area contributed by atoms with Crippen LogP contribution in [0.2, 0.25) is 0 Å². The Morgan fingerprint density at radius 1 is 0.690 bits per heavy atom. The molecule has 1 N–H and O–H groups in total. The summed E-state index contributed by atoms with van der Waals surface area (Å²) in [6, 6.07) is 21.3. The smallest absolute Gasteiger partial charge is 0.261 e. The third-order valence-corrected chi connectivity index (χ3v) is 5.84. The van der Waals surface area contributed by atoms with Gasteiger partial charge < -0.3 is 4.42 Å². The summed E-state index contributed by atoms with van der Waals surface area (Å²) in [6.45, 7) is 3.92. The maximum absolute atomic E-state index is 12.5. The predicted molar refractivity (Wildman–Crippen MR) is 112 cm³/mol. The van der Waals surface area contributed by atoms with Crippen LogP contribution in [0.5, 0.6) is 0 Å². The number of nitrogens with zero attached hydrogens (tertiary/aromatic N) is 2. The quantitative estimate of drug-likeness (QED) is 0.514. The molecular formula is C22H19N3O3S. The molecule has 7 heteroatoms. The van der Waals surface area contributed by atoms with Crippen molar-refractivity contribution in [3.63, 3.8) is 0 Å². The molecule has 0 aliphatic heterocycles. The van der Waals surface area contributed by atoms with Gasteiger partial charge in [-0.25, -0.2) is 8.42 Å². The summed E-state index contributed by atoms with van der Waals surface area (Å²) in [6.07, 6.45) is 0. The minimum absolute atomic E-state index is 0.215. The average Bonchev–Trinajstić information content (AvgIpc) is 3.19. The Labute approximate surface area is 169 Å². The third kappa shape index (κ3) is 4.20. The second-order valence-electron chi connectivity index (χ2n) is 6.77. The van der Waals surface area contributed by atoms with E-state index in [1.165, 1.54) is 0 Å². The zero-order valence-electron chi connectivity index (χ0n) is 16.0. The molecule has 6 nitrogen and oxygen atoms in total. The molecular weight excluding hydrogens is 386 g/mol. The summed E-state index contributed by atoms with van der Waals surface area (Å²) in [5.41, 5.74) is 4.15. The molecule has 0 unspecified atom stereocenters. The highest BCUT2D eigenvalue weighted by Gasteiger charge is 2.15. The molecule has 0 fully saturated rings. The fraction of sp³-hybridized carbons (Fsp3) is 0.0909. The van der Waals surface area contributed by atoms with Gasteiger partial charge in [-0.05, 0) is 62.4 Å². The first-order valence-electron chi connectivity index (χ1n) is 9.01. The monoisotopic (exact) mass is 405 g/mol. The van der Waals surface area contributed by atoms with Gasteiger partial charge in [-0.2, -0.15) is 0 Å². The van der Waals surface area contributed by atoms with Gasteiger partial charge in [0.15, 0.2) is 0 Å². The third-order valence-electron chi connectivity index (χ3n) is 4.44. The average molecular weight is 405 g/mol. The van der Waals surface area contributed by atoms with Crippen molar-refractivity contribution in [1.82, 2.24) is 10.2 Å². The number of sulfonamides is 1. The van der Waals surface area contributed by atoms with E-state index in [0.717, 1.165) is 16.7 Å². The highest BCUT2D eigenvalue weighted by Crippen LogP contribution is 2.26. The molecule has 0 amide bonds. The van der Waals surface area contributed by atoms with Crippen molar-refractivity contribution in [2.24, 2.45) is 0 Å². The number of aryl methyl sites for hydroxylation is 2. The van der Waals surface area contributed by atoms with Crippen LogP contribution in [0.15, 0.2) is 82.1 Å². The molecule has 0 aliphatic carbocycles. The van der Waals surface area contributed by atoms with Crippen molar-refractivity contribution in [1.29, 1.82) is 0 Å². The molecule has 0 aliphatic rings. The van der Waals surface area contributed by atoms with Crippen LogP contribution < -0.4 is 4.72 Å². The number of aromatic nitrogens is 2. The van der Waals surface area contributed by atoms with Gasteiger partial charge in [-0.15, -0.1) is 10.2 Å². The van der Waals surface area contributed by atoms with Gasteiger partial charge in [-0.3, -0.25) is 4.72 Å². The Morgan fingerprint density at radius 3 is 1.66 bits per heavy atom. The molecule has 29 heavy (non-hydrogen) atoms. The maximum atomic E-state index is 12.5. The highest BCUT2D eigenvalue weighted by molar-refractivity contribution is 7.92. The molecule has 4 rings (SSSR count). The highest BCUT2D eigenvalue weighted by atomic mass is 32.2. The first-order valence-corrected chi connectivity index (χ1v) is 10.5. The first-order chi connectivity index (χ1) is 13.9. The first kappa shape index (κ1) is 18.9. The van der Waals surface area contributed by atoms with Crippen LogP contribution in [-0.2, 0) is 10.0 Å². The summed E-state index contributed by atoms with van der Waals surface area (Å²) >= 11 is 0. The van der Waals surface area contributed by atoms with Gasteiger partial charge in [0.2, 0.25) is 11.8 Å². The number of nitrogens with one attached hydrogen (secondary N) is 1. The number of hydrogen-bond donors (Lipinski definition) is 1. The van der Waals surface area contributed by atoms with E-state index in [4.69, 9.17) is 4.42 Å². The van der Waals surface area contributed by atoms with Crippen molar-refractivity contribution in [3.8, 4) is 22.9 Å². The Kier molecular flexibility index (Phi) is 4.90. The Hall–Kier alpha value is -3.45. The van der Waals surface area contributed by atoms with E-state index in [1.807, 2.05) is 38.1 Å².